The monoisotopic (exact) mass is 295 g/mol. The zero-order valence-corrected chi connectivity index (χ0v) is 13.3. The SMILES string of the molecule is CC/C=C(/CCC)c1ccnc(-n2cc(C#N)c(OC)c2)c1. The number of hydrogen-bond acceptors (Lipinski definition) is 3. The average molecular weight is 295 g/mol. The summed E-state index contributed by atoms with van der Waals surface area (Å²) in [7, 11) is 1.56. The first-order valence-corrected chi connectivity index (χ1v) is 7.55. The lowest BCUT2D eigenvalue weighted by Crippen LogP contribution is -1.96. The third-order valence-corrected chi connectivity index (χ3v) is 3.48. The summed E-state index contributed by atoms with van der Waals surface area (Å²) in [5, 5.41) is 9.12. The van der Waals surface area contributed by atoms with Crippen LogP contribution in [0.4, 0.5) is 0 Å². The standard InChI is InChI=1S/C18H21N3O/c1-4-6-14(7-5-2)15-8-9-20-18(10-15)21-12-16(11-19)17(13-21)22-3/h6,8-10,12-13H,4-5,7H2,1-3H3/b14-6-. The molecule has 0 aliphatic rings. The molecule has 0 bridgehead atoms. The molecule has 2 aromatic rings. The topological polar surface area (TPSA) is 50.8 Å². The normalized spacial score (nSPS) is 11.3. The average Bonchev–Trinajstić information content (AvgIpc) is 2.98. The molecule has 0 saturated heterocycles. The molecular weight excluding hydrogens is 274 g/mol. The van der Waals surface area contributed by atoms with E-state index in [1.54, 1.807) is 19.5 Å². The summed E-state index contributed by atoms with van der Waals surface area (Å²) in [5.41, 5.74) is 3.03. The van der Waals surface area contributed by atoms with Crippen molar-refractivity contribution >= 4 is 5.57 Å². The Bertz CT molecular complexity index is 707. The number of pyridine rings is 1. The Hall–Kier alpha value is -2.54. The molecule has 0 spiro atoms. The van der Waals surface area contributed by atoms with E-state index >= 15 is 0 Å². The van der Waals surface area contributed by atoms with Crippen molar-refractivity contribution in [2.24, 2.45) is 0 Å². The maximum absolute atomic E-state index is 9.12. The van der Waals surface area contributed by atoms with E-state index in [2.05, 4.69) is 37.0 Å². The summed E-state index contributed by atoms with van der Waals surface area (Å²) in [4.78, 5) is 4.41. The van der Waals surface area contributed by atoms with Gasteiger partial charge in [0.25, 0.3) is 0 Å². The predicted molar refractivity (Wildman–Crippen MR) is 88.0 cm³/mol. The lowest BCUT2D eigenvalue weighted by Gasteiger charge is -2.09. The maximum Gasteiger partial charge on any atom is 0.154 e. The van der Waals surface area contributed by atoms with Crippen LogP contribution in [0.1, 0.15) is 44.2 Å². The summed E-state index contributed by atoms with van der Waals surface area (Å²) >= 11 is 0. The Kier molecular flexibility index (Phi) is 5.37. The molecule has 22 heavy (non-hydrogen) atoms. The molecule has 0 N–H and O–H groups in total. The van der Waals surface area contributed by atoms with Crippen molar-refractivity contribution in [2.75, 3.05) is 7.11 Å². The van der Waals surface area contributed by atoms with Gasteiger partial charge in [-0.2, -0.15) is 5.26 Å². The second kappa shape index (κ2) is 7.46. The molecule has 0 saturated carbocycles. The first-order chi connectivity index (χ1) is 10.7. The van der Waals surface area contributed by atoms with Gasteiger partial charge in [0.15, 0.2) is 5.75 Å². The highest BCUT2D eigenvalue weighted by Gasteiger charge is 2.09. The highest BCUT2D eigenvalue weighted by atomic mass is 16.5. The summed E-state index contributed by atoms with van der Waals surface area (Å²) in [6, 6.07) is 6.22. The zero-order valence-electron chi connectivity index (χ0n) is 13.3. The van der Waals surface area contributed by atoms with Gasteiger partial charge in [-0.1, -0.05) is 26.3 Å². The summed E-state index contributed by atoms with van der Waals surface area (Å²) in [6.45, 7) is 4.33. The van der Waals surface area contributed by atoms with Gasteiger partial charge in [-0.25, -0.2) is 4.98 Å². The van der Waals surface area contributed by atoms with Gasteiger partial charge in [-0.05, 0) is 36.1 Å². The third kappa shape index (κ3) is 3.37. The summed E-state index contributed by atoms with van der Waals surface area (Å²) < 4.78 is 7.04. The number of ether oxygens (including phenoxy) is 1. The smallest absolute Gasteiger partial charge is 0.154 e. The van der Waals surface area contributed by atoms with Gasteiger partial charge >= 0.3 is 0 Å². The van der Waals surface area contributed by atoms with Crippen molar-refractivity contribution in [3.63, 3.8) is 0 Å². The molecule has 0 fully saturated rings. The number of rotatable bonds is 6. The van der Waals surface area contributed by atoms with Gasteiger partial charge in [0, 0.05) is 12.4 Å². The van der Waals surface area contributed by atoms with Crippen LogP contribution in [0.3, 0.4) is 0 Å². The Morgan fingerprint density at radius 2 is 2.23 bits per heavy atom. The Morgan fingerprint density at radius 1 is 1.41 bits per heavy atom. The number of nitriles is 1. The number of nitrogens with zero attached hydrogens (tertiary/aromatic N) is 3. The van der Waals surface area contributed by atoms with Crippen LogP contribution in [0.5, 0.6) is 5.75 Å². The van der Waals surface area contributed by atoms with Crippen LogP contribution in [0.25, 0.3) is 11.4 Å². The molecule has 4 heteroatoms. The molecule has 2 aromatic heterocycles. The predicted octanol–water partition coefficient (Wildman–Crippen LogP) is 4.35. The van der Waals surface area contributed by atoms with E-state index in [1.165, 1.54) is 11.1 Å². The van der Waals surface area contributed by atoms with Gasteiger partial charge in [-0.15, -0.1) is 0 Å². The van der Waals surface area contributed by atoms with Crippen molar-refractivity contribution in [3.8, 4) is 17.6 Å². The number of aromatic nitrogens is 2. The Morgan fingerprint density at radius 3 is 2.82 bits per heavy atom. The first-order valence-electron chi connectivity index (χ1n) is 7.55. The highest BCUT2D eigenvalue weighted by molar-refractivity contribution is 5.66. The van der Waals surface area contributed by atoms with E-state index in [0.717, 1.165) is 25.1 Å². The van der Waals surface area contributed by atoms with E-state index in [1.807, 2.05) is 16.8 Å². The lowest BCUT2D eigenvalue weighted by molar-refractivity contribution is 0.413. The molecule has 2 heterocycles. The molecule has 0 atom stereocenters. The van der Waals surface area contributed by atoms with Gasteiger partial charge in [0.2, 0.25) is 0 Å². The van der Waals surface area contributed by atoms with E-state index in [-0.39, 0.29) is 0 Å². The van der Waals surface area contributed by atoms with Crippen molar-refractivity contribution in [1.82, 2.24) is 9.55 Å². The zero-order chi connectivity index (χ0) is 15.9. The molecule has 0 amide bonds. The fraction of sp³-hybridized carbons (Fsp3) is 0.333. The van der Waals surface area contributed by atoms with Gasteiger partial charge < -0.3 is 9.30 Å². The van der Waals surface area contributed by atoms with E-state index in [9.17, 15) is 0 Å². The molecule has 114 valence electrons. The van der Waals surface area contributed by atoms with Crippen molar-refractivity contribution in [3.05, 3.63) is 47.9 Å². The minimum atomic E-state index is 0.507. The second-order valence-electron chi connectivity index (χ2n) is 5.05. The van der Waals surface area contributed by atoms with Crippen molar-refractivity contribution < 1.29 is 4.74 Å². The van der Waals surface area contributed by atoms with E-state index in [4.69, 9.17) is 10.00 Å². The third-order valence-electron chi connectivity index (χ3n) is 3.48. The Labute approximate surface area is 131 Å². The highest BCUT2D eigenvalue weighted by Crippen LogP contribution is 2.24. The maximum atomic E-state index is 9.12. The molecule has 0 aliphatic heterocycles. The number of allylic oxidation sites excluding steroid dienone is 2. The van der Waals surface area contributed by atoms with E-state index < -0.39 is 0 Å². The molecule has 4 nitrogen and oxygen atoms in total. The van der Waals surface area contributed by atoms with Crippen LogP contribution in [-0.2, 0) is 0 Å². The summed E-state index contributed by atoms with van der Waals surface area (Å²) in [6.07, 6.45) is 10.8. The van der Waals surface area contributed by atoms with Crippen LogP contribution in [-0.4, -0.2) is 16.7 Å². The molecule has 0 aliphatic carbocycles. The molecule has 0 aromatic carbocycles. The van der Waals surface area contributed by atoms with Gasteiger partial charge in [0.1, 0.15) is 17.5 Å². The largest absolute Gasteiger partial charge is 0.494 e. The van der Waals surface area contributed by atoms with Crippen molar-refractivity contribution in [1.29, 1.82) is 5.26 Å². The lowest BCUT2D eigenvalue weighted by atomic mass is 10.0. The van der Waals surface area contributed by atoms with Crippen LogP contribution in [0.15, 0.2) is 36.8 Å². The van der Waals surface area contributed by atoms with Crippen molar-refractivity contribution in [2.45, 2.75) is 33.1 Å². The minimum Gasteiger partial charge on any atom is -0.494 e. The quantitative estimate of drug-likeness (QED) is 0.796. The fourth-order valence-electron chi connectivity index (χ4n) is 2.45. The Balaban J connectivity index is 2.42. The summed E-state index contributed by atoms with van der Waals surface area (Å²) in [5.74, 6) is 1.35. The fourth-order valence-corrected chi connectivity index (χ4v) is 2.45. The van der Waals surface area contributed by atoms with Crippen LogP contribution in [0.2, 0.25) is 0 Å². The van der Waals surface area contributed by atoms with Gasteiger partial charge in [0.05, 0.1) is 13.3 Å². The van der Waals surface area contributed by atoms with Crippen LogP contribution >= 0.6 is 0 Å². The van der Waals surface area contributed by atoms with E-state index in [0.29, 0.717) is 11.3 Å². The molecule has 2 rings (SSSR count). The molecule has 0 radical (unpaired) electrons. The number of hydrogen-bond donors (Lipinski definition) is 0. The molecular formula is C18H21N3O. The molecule has 0 unspecified atom stereocenters. The second-order valence-corrected chi connectivity index (χ2v) is 5.05. The van der Waals surface area contributed by atoms with Crippen LogP contribution in [0, 0.1) is 11.3 Å². The minimum absolute atomic E-state index is 0.507. The van der Waals surface area contributed by atoms with Gasteiger partial charge in [-0.3, -0.25) is 0 Å². The first kappa shape index (κ1) is 15.8. The van der Waals surface area contributed by atoms with Crippen LogP contribution < -0.4 is 4.74 Å². The number of methoxy groups -OCH3 is 1.